The first-order valence-corrected chi connectivity index (χ1v) is 16.5. The fourth-order valence-corrected chi connectivity index (χ4v) is 16.3. The summed E-state index contributed by atoms with van der Waals surface area (Å²) < 4.78 is 0.478. The van der Waals surface area contributed by atoms with Crippen LogP contribution >= 0.6 is 22.5 Å². The van der Waals surface area contributed by atoms with Crippen molar-refractivity contribution < 1.29 is 0 Å². The minimum absolute atomic E-state index is 0.478. The van der Waals surface area contributed by atoms with E-state index >= 15 is 0 Å². The van der Waals surface area contributed by atoms with Crippen LogP contribution in [0.5, 0.6) is 0 Å². The van der Waals surface area contributed by atoms with Gasteiger partial charge in [-0.1, -0.05) is 0 Å². The van der Waals surface area contributed by atoms with E-state index < -0.39 is 6.60 Å². The van der Waals surface area contributed by atoms with Gasteiger partial charge in [0.15, 0.2) is 0 Å². The zero-order valence-electron chi connectivity index (χ0n) is 20.3. The molecular formula is C31H40BrP. The van der Waals surface area contributed by atoms with E-state index in [0.29, 0.717) is 4.57 Å². The van der Waals surface area contributed by atoms with Gasteiger partial charge in [0.2, 0.25) is 0 Å². The molecule has 0 bridgehead atoms. The van der Waals surface area contributed by atoms with Crippen molar-refractivity contribution in [2.24, 2.45) is 0 Å². The van der Waals surface area contributed by atoms with Crippen LogP contribution in [0.25, 0.3) is 0 Å². The van der Waals surface area contributed by atoms with Gasteiger partial charge in [0, 0.05) is 0 Å². The Bertz CT molecular complexity index is 941. The van der Waals surface area contributed by atoms with Crippen molar-refractivity contribution >= 4 is 38.4 Å². The fraction of sp³-hybridized carbons (Fsp3) is 0.419. The van der Waals surface area contributed by atoms with Crippen molar-refractivity contribution in [2.45, 2.75) is 75.7 Å². The molecular weight excluding hydrogens is 483 g/mol. The topological polar surface area (TPSA) is 0 Å². The summed E-state index contributed by atoms with van der Waals surface area (Å²) in [6.07, 6.45) is 14.5. The Hall–Kier alpha value is -1.43. The van der Waals surface area contributed by atoms with Crippen molar-refractivity contribution in [1.82, 2.24) is 0 Å². The quantitative estimate of drug-likeness (QED) is 0.142. The predicted molar refractivity (Wildman–Crippen MR) is 154 cm³/mol. The zero-order chi connectivity index (χ0) is 23.0. The van der Waals surface area contributed by atoms with Gasteiger partial charge in [0.1, 0.15) is 0 Å². The molecule has 0 aromatic heterocycles. The molecule has 0 saturated carbocycles. The van der Waals surface area contributed by atoms with Crippen molar-refractivity contribution in [2.75, 3.05) is 6.16 Å². The number of halogens is 1. The molecule has 0 aliphatic carbocycles. The molecule has 1 heterocycles. The molecule has 1 fully saturated rings. The fourth-order valence-electron chi connectivity index (χ4n) is 6.15. The Morgan fingerprint density at radius 1 is 0.667 bits per heavy atom. The predicted octanol–water partition coefficient (Wildman–Crippen LogP) is 8.32. The molecule has 0 radical (unpaired) electrons. The second-order valence-corrected chi connectivity index (χ2v) is 17.1. The van der Waals surface area contributed by atoms with Crippen LogP contribution in [0.15, 0.2) is 84.9 Å². The number of alkyl halides is 1. The van der Waals surface area contributed by atoms with E-state index in [1.165, 1.54) is 75.9 Å². The maximum absolute atomic E-state index is 4.33. The van der Waals surface area contributed by atoms with Crippen LogP contribution in [0.2, 0.25) is 0 Å². The first-order chi connectivity index (χ1) is 16.2. The van der Waals surface area contributed by atoms with Gasteiger partial charge >= 0.3 is 211 Å². The van der Waals surface area contributed by atoms with Gasteiger partial charge in [-0.25, -0.2) is 0 Å². The molecule has 1 unspecified atom stereocenters. The summed E-state index contributed by atoms with van der Waals surface area (Å²) in [4.78, 5) is 0. The number of hydrogen-bond acceptors (Lipinski definition) is 0. The summed E-state index contributed by atoms with van der Waals surface area (Å²) in [5.41, 5.74) is 1.50. The van der Waals surface area contributed by atoms with Crippen LogP contribution in [0.4, 0.5) is 0 Å². The van der Waals surface area contributed by atoms with E-state index in [9.17, 15) is 0 Å². The minimum atomic E-state index is -2.64. The van der Waals surface area contributed by atoms with Crippen LogP contribution < -0.4 is 15.9 Å². The summed E-state index contributed by atoms with van der Waals surface area (Å²) in [7, 11) is 0. The summed E-state index contributed by atoms with van der Waals surface area (Å²) in [6.45, 7) is -0.351. The molecule has 3 aromatic carbocycles. The SMILES string of the molecule is CCCCCCCCc1ccc(P2(c3ccccc3)(c3ccccc3)CCCCC2Br)cc1. The first kappa shape index (κ1) is 24.7. The third kappa shape index (κ3) is 4.61. The molecule has 33 heavy (non-hydrogen) atoms. The van der Waals surface area contributed by atoms with Crippen LogP contribution in [0.1, 0.15) is 70.3 Å². The van der Waals surface area contributed by atoms with E-state index in [4.69, 9.17) is 0 Å². The number of benzene rings is 3. The number of hydrogen-bond donors (Lipinski definition) is 0. The van der Waals surface area contributed by atoms with Gasteiger partial charge in [-0.15, -0.1) is 0 Å². The molecule has 0 nitrogen and oxygen atoms in total. The van der Waals surface area contributed by atoms with E-state index in [0.717, 1.165) is 0 Å². The molecule has 0 amide bonds. The molecule has 0 spiro atoms. The van der Waals surface area contributed by atoms with Crippen molar-refractivity contribution in [3.8, 4) is 0 Å². The molecule has 0 N–H and O–H groups in total. The maximum atomic E-state index is 4.33. The molecule has 2 heteroatoms. The summed E-state index contributed by atoms with van der Waals surface area (Å²) in [5.74, 6) is 0. The number of aryl methyl sites for hydroxylation is 1. The van der Waals surface area contributed by atoms with Gasteiger partial charge in [-0.3, -0.25) is 0 Å². The molecule has 1 aliphatic heterocycles. The normalized spacial score (nSPS) is 20.5. The second-order valence-electron chi connectivity index (χ2n) is 9.89. The molecule has 4 rings (SSSR count). The van der Waals surface area contributed by atoms with Crippen molar-refractivity contribution in [3.63, 3.8) is 0 Å². The van der Waals surface area contributed by atoms with Gasteiger partial charge in [-0.2, -0.15) is 0 Å². The average Bonchev–Trinajstić information content (AvgIpc) is 2.88. The summed E-state index contributed by atoms with van der Waals surface area (Å²) >= 11 is 4.33. The van der Waals surface area contributed by atoms with Crippen molar-refractivity contribution in [1.29, 1.82) is 0 Å². The third-order valence-corrected chi connectivity index (χ3v) is 18.3. The molecule has 1 atom stereocenters. The Balaban J connectivity index is 1.74. The van der Waals surface area contributed by atoms with Gasteiger partial charge < -0.3 is 0 Å². The van der Waals surface area contributed by atoms with Crippen LogP contribution in [-0.2, 0) is 6.42 Å². The van der Waals surface area contributed by atoms with Crippen molar-refractivity contribution in [3.05, 3.63) is 90.5 Å². The van der Waals surface area contributed by atoms with E-state index in [2.05, 4.69) is 108 Å². The number of unbranched alkanes of at least 4 members (excludes halogenated alkanes) is 5. The third-order valence-electron chi connectivity index (χ3n) is 7.97. The molecule has 1 aliphatic rings. The standard InChI is InChI=1S/C31H40BrP/c1-2-3-4-5-6-9-16-27-22-24-30(25-23-27)33(26-15-14-21-31(33)32,28-17-10-7-11-18-28)29-19-12-8-13-20-29/h7-8,10-13,17-20,22-25,31H,2-6,9,14-16,21,26H2,1H3. The van der Waals surface area contributed by atoms with E-state index in [1.54, 1.807) is 15.9 Å². The monoisotopic (exact) mass is 522 g/mol. The second kappa shape index (κ2) is 11.3. The molecule has 3 aromatic rings. The Labute approximate surface area is 210 Å². The Kier molecular flexibility index (Phi) is 8.48. The first-order valence-electron chi connectivity index (χ1n) is 13.1. The zero-order valence-corrected chi connectivity index (χ0v) is 22.7. The van der Waals surface area contributed by atoms with E-state index in [1.807, 2.05) is 0 Å². The Morgan fingerprint density at radius 3 is 1.79 bits per heavy atom. The van der Waals surface area contributed by atoms with Crippen LogP contribution in [0.3, 0.4) is 0 Å². The van der Waals surface area contributed by atoms with Gasteiger partial charge in [0.05, 0.1) is 0 Å². The molecule has 1 saturated heterocycles. The summed E-state index contributed by atoms with van der Waals surface area (Å²) in [5, 5.41) is 4.64. The average molecular weight is 524 g/mol. The molecule has 176 valence electrons. The van der Waals surface area contributed by atoms with E-state index in [-0.39, 0.29) is 0 Å². The van der Waals surface area contributed by atoms with Crippen LogP contribution in [0, 0.1) is 0 Å². The number of rotatable bonds is 10. The van der Waals surface area contributed by atoms with Crippen LogP contribution in [-0.4, -0.2) is 10.7 Å². The summed E-state index contributed by atoms with van der Waals surface area (Å²) in [6, 6.07) is 32.8. The van der Waals surface area contributed by atoms with Gasteiger partial charge in [0.25, 0.3) is 0 Å². The van der Waals surface area contributed by atoms with Gasteiger partial charge in [-0.05, 0) is 0 Å². The Morgan fingerprint density at radius 2 is 1.21 bits per heavy atom.